The molecule has 0 bridgehead atoms. The van der Waals surface area contributed by atoms with E-state index >= 15 is 0 Å². The first-order valence-electron chi connectivity index (χ1n) is 8.08. The predicted octanol–water partition coefficient (Wildman–Crippen LogP) is 0.351. The first-order chi connectivity index (χ1) is 11.8. The number of rotatable bonds is 6. The Bertz CT molecular complexity index is 705. The average molecular weight is 332 g/mol. The number of benzene rings is 1. The molecule has 8 heteroatoms. The average Bonchev–Trinajstić information content (AvgIpc) is 3.25. The number of aliphatic hydroxyl groups excluding tert-OH is 1. The van der Waals surface area contributed by atoms with Crippen LogP contribution in [0.1, 0.15) is 12.2 Å². The predicted molar refractivity (Wildman–Crippen MR) is 84.2 cm³/mol. The quantitative estimate of drug-likeness (QED) is 0.789. The van der Waals surface area contributed by atoms with Crippen molar-refractivity contribution in [2.75, 3.05) is 19.9 Å². The van der Waals surface area contributed by atoms with Gasteiger partial charge in [-0.1, -0.05) is 0 Å². The van der Waals surface area contributed by atoms with Crippen LogP contribution in [0.4, 0.5) is 0 Å². The lowest BCUT2D eigenvalue weighted by Gasteiger charge is -2.24. The fourth-order valence-corrected chi connectivity index (χ4v) is 2.92. The van der Waals surface area contributed by atoms with Crippen molar-refractivity contribution in [3.8, 4) is 17.2 Å². The van der Waals surface area contributed by atoms with E-state index in [1.807, 2.05) is 4.68 Å². The van der Waals surface area contributed by atoms with Gasteiger partial charge in [0.25, 0.3) is 0 Å². The first-order valence-corrected chi connectivity index (χ1v) is 8.08. The van der Waals surface area contributed by atoms with Crippen molar-refractivity contribution in [1.82, 2.24) is 20.1 Å². The van der Waals surface area contributed by atoms with Crippen LogP contribution in [0.5, 0.6) is 17.2 Å². The third-order valence-electron chi connectivity index (χ3n) is 4.23. The highest BCUT2D eigenvalue weighted by Gasteiger charge is 2.20. The van der Waals surface area contributed by atoms with Crippen LogP contribution in [0.15, 0.2) is 24.5 Å². The summed E-state index contributed by atoms with van der Waals surface area (Å²) in [5.41, 5.74) is 0. The second-order valence-corrected chi connectivity index (χ2v) is 5.98. The van der Waals surface area contributed by atoms with Crippen LogP contribution >= 0.6 is 0 Å². The molecular weight excluding hydrogens is 312 g/mol. The minimum Gasteiger partial charge on any atom is -0.491 e. The second-order valence-electron chi connectivity index (χ2n) is 5.98. The molecule has 1 aromatic carbocycles. The van der Waals surface area contributed by atoms with Crippen LogP contribution in [0.25, 0.3) is 0 Å². The van der Waals surface area contributed by atoms with Crippen molar-refractivity contribution in [3.05, 3.63) is 30.4 Å². The minimum atomic E-state index is -0.590. The Balaban J connectivity index is 1.22. The zero-order valence-corrected chi connectivity index (χ0v) is 13.2. The Kier molecular flexibility index (Phi) is 4.22. The highest BCUT2D eigenvalue weighted by Crippen LogP contribution is 2.35. The number of hydrogen-bond acceptors (Lipinski definition) is 7. The lowest BCUT2D eigenvalue weighted by molar-refractivity contribution is 0.101. The summed E-state index contributed by atoms with van der Waals surface area (Å²) in [6.07, 6.45) is 2.90. The molecule has 0 saturated heterocycles. The van der Waals surface area contributed by atoms with Gasteiger partial charge in [0.05, 0.1) is 6.54 Å². The maximum atomic E-state index is 10.1. The molecule has 128 valence electrons. The summed E-state index contributed by atoms with van der Waals surface area (Å²) < 4.78 is 18.1. The normalized spacial score (nSPS) is 19.8. The molecule has 8 nitrogen and oxygen atoms in total. The van der Waals surface area contributed by atoms with E-state index in [0.29, 0.717) is 29.8 Å². The molecule has 0 fully saturated rings. The molecule has 24 heavy (non-hydrogen) atoms. The number of nitrogens with one attached hydrogen (secondary N) is 1. The summed E-state index contributed by atoms with van der Waals surface area (Å²) in [5, 5.41) is 17.7. The van der Waals surface area contributed by atoms with Gasteiger partial charge in [-0.25, -0.2) is 9.67 Å². The fraction of sp³-hybridized carbons (Fsp3) is 0.500. The lowest BCUT2D eigenvalue weighted by atomic mass is 10.1. The molecule has 0 amide bonds. The molecule has 1 aromatic heterocycles. The van der Waals surface area contributed by atoms with Crippen molar-refractivity contribution in [3.63, 3.8) is 0 Å². The standard InChI is InChI=1S/C16H20N4O4/c21-12(6-17-11-1-4-16-18-9-19-20(16)7-11)8-22-13-2-3-14-15(5-13)24-10-23-14/h2-3,5,9,11-12,17,21H,1,4,6-8,10H2/t11-,12-/m0/s1. The summed E-state index contributed by atoms with van der Waals surface area (Å²) in [7, 11) is 0. The van der Waals surface area contributed by atoms with Crippen molar-refractivity contribution in [1.29, 1.82) is 0 Å². The zero-order valence-electron chi connectivity index (χ0n) is 13.2. The Morgan fingerprint density at radius 3 is 3.25 bits per heavy atom. The summed E-state index contributed by atoms with van der Waals surface area (Å²) >= 11 is 0. The van der Waals surface area contributed by atoms with Crippen LogP contribution in [0.2, 0.25) is 0 Å². The number of aromatic nitrogens is 3. The van der Waals surface area contributed by atoms with E-state index in [-0.39, 0.29) is 13.4 Å². The highest BCUT2D eigenvalue weighted by molar-refractivity contribution is 5.46. The third kappa shape index (κ3) is 3.29. The maximum Gasteiger partial charge on any atom is 0.231 e. The molecule has 2 aromatic rings. The van der Waals surface area contributed by atoms with Gasteiger partial charge < -0.3 is 24.6 Å². The van der Waals surface area contributed by atoms with Gasteiger partial charge in [-0.15, -0.1) is 0 Å². The van der Waals surface area contributed by atoms with E-state index < -0.39 is 6.10 Å². The van der Waals surface area contributed by atoms with Crippen molar-refractivity contribution in [2.45, 2.75) is 31.5 Å². The van der Waals surface area contributed by atoms with Crippen LogP contribution in [-0.4, -0.2) is 52.0 Å². The molecule has 0 spiro atoms. The number of aryl methyl sites for hydroxylation is 1. The number of nitrogens with zero attached hydrogens (tertiary/aromatic N) is 3. The molecule has 0 aliphatic carbocycles. The SMILES string of the molecule is O[C@@H](CN[C@H]1CCc2ncnn2C1)COc1ccc2c(c1)OCO2. The molecule has 2 atom stereocenters. The minimum absolute atomic E-state index is 0.216. The maximum absolute atomic E-state index is 10.1. The van der Waals surface area contributed by atoms with Crippen molar-refractivity contribution < 1.29 is 19.3 Å². The molecule has 0 saturated carbocycles. The monoisotopic (exact) mass is 332 g/mol. The summed E-state index contributed by atoms with van der Waals surface area (Å²) in [4.78, 5) is 4.21. The molecule has 0 radical (unpaired) electrons. The van der Waals surface area contributed by atoms with E-state index in [9.17, 15) is 5.11 Å². The Morgan fingerprint density at radius 2 is 2.29 bits per heavy atom. The molecule has 2 aliphatic rings. The third-order valence-corrected chi connectivity index (χ3v) is 4.23. The largest absolute Gasteiger partial charge is 0.491 e. The van der Waals surface area contributed by atoms with Crippen LogP contribution in [-0.2, 0) is 13.0 Å². The topological polar surface area (TPSA) is 90.7 Å². The summed E-state index contributed by atoms with van der Waals surface area (Å²) in [6.45, 7) is 1.71. The van der Waals surface area contributed by atoms with Gasteiger partial charge in [0.15, 0.2) is 11.5 Å². The van der Waals surface area contributed by atoms with Crippen molar-refractivity contribution in [2.24, 2.45) is 0 Å². The Hall–Kier alpha value is -2.32. The smallest absolute Gasteiger partial charge is 0.231 e. The zero-order chi connectivity index (χ0) is 16.4. The second kappa shape index (κ2) is 6.66. The molecule has 2 N–H and O–H groups in total. The Labute approximate surface area is 139 Å². The molecular formula is C16H20N4O4. The van der Waals surface area contributed by atoms with Gasteiger partial charge in [-0.2, -0.15) is 5.10 Å². The van der Waals surface area contributed by atoms with Gasteiger partial charge in [0.1, 0.15) is 30.6 Å². The van der Waals surface area contributed by atoms with E-state index in [0.717, 1.165) is 25.2 Å². The molecule has 4 rings (SSSR count). The van der Waals surface area contributed by atoms with E-state index in [4.69, 9.17) is 14.2 Å². The number of fused-ring (bicyclic) bond motifs is 2. The van der Waals surface area contributed by atoms with Gasteiger partial charge >= 0.3 is 0 Å². The highest BCUT2D eigenvalue weighted by atomic mass is 16.7. The number of hydrogen-bond donors (Lipinski definition) is 2. The molecule has 3 heterocycles. The number of aliphatic hydroxyl groups is 1. The van der Waals surface area contributed by atoms with Gasteiger partial charge in [0, 0.05) is 25.1 Å². The van der Waals surface area contributed by atoms with Crippen LogP contribution in [0, 0.1) is 0 Å². The number of ether oxygens (including phenoxy) is 3. The molecule has 0 unspecified atom stereocenters. The van der Waals surface area contributed by atoms with Gasteiger partial charge in [-0.05, 0) is 18.6 Å². The molecule has 2 aliphatic heterocycles. The summed E-state index contributed by atoms with van der Waals surface area (Å²) in [6, 6.07) is 5.68. The summed E-state index contributed by atoms with van der Waals surface area (Å²) in [5.74, 6) is 3.07. The van der Waals surface area contributed by atoms with E-state index in [1.54, 1.807) is 24.5 Å². The van der Waals surface area contributed by atoms with E-state index in [1.165, 1.54) is 0 Å². The Morgan fingerprint density at radius 1 is 1.38 bits per heavy atom. The van der Waals surface area contributed by atoms with Gasteiger partial charge in [0.2, 0.25) is 6.79 Å². The van der Waals surface area contributed by atoms with E-state index in [2.05, 4.69) is 15.4 Å². The lowest BCUT2D eigenvalue weighted by Crippen LogP contribution is -2.42. The van der Waals surface area contributed by atoms with Gasteiger partial charge in [-0.3, -0.25) is 0 Å². The fourth-order valence-electron chi connectivity index (χ4n) is 2.92. The van der Waals surface area contributed by atoms with Crippen LogP contribution < -0.4 is 19.5 Å². The van der Waals surface area contributed by atoms with Crippen molar-refractivity contribution >= 4 is 0 Å². The van der Waals surface area contributed by atoms with Crippen LogP contribution in [0.3, 0.4) is 0 Å². The first kappa shape index (κ1) is 15.2.